The molecule has 2 unspecified atom stereocenters. The molecule has 4 nitrogen and oxygen atoms in total. The number of carbonyl (C=O) groups excluding carboxylic acids is 1. The van der Waals surface area contributed by atoms with Crippen LogP contribution in [0.5, 0.6) is 0 Å². The Labute approximate surface area is 121 Å². The van der Waals surface area contributed by atoms with Crippen LogP contribution >= 0.6 is 0 Å². The number of carbonyl (C=O) groups is 1. The Morgan fingerprint density at radius 2 is 2.05 bits per heavy atom. The van der Waals surface area contributed by atoms with Gasteiger partial charge < -0.3 is 16.0 Å². The molecule has 0 spiro atoms. The van der Waals surface area contributed by atoms with Gasteiger partial charge in [-0.2, -0.15) is 0 Å². The minimum Gasteiger partial charge on any atom is -0.399 e. The number of amides is 1. The van der Waals surface area contributed by atoms with Crippen LogP contribution in [0.4, 0.5) is 11.4 Å². The minimum atomic E-state index is -0.0599. The lowest BCUT2D eigenvalue weighted by Crippen LogP contribution is -2.40. The Morgan fingerprint density at radius 1 is 1.35 bits per heavy atom. The summed E-state index contributed by atoms with van der Waals surface area (Å²) in [6, 6.07) is 5.99. The molecule has 110 valence electrons. The fourth-order valence-corrected chi connectivity index (χ4v) is 3.22. The number of nitrogens with zero attached hydrogens (tertiary/aromatic N) is 1. The van der Waals surface area contributed by atoms with E-state index >= 15 is 0 Å². The molecule has 1 aromatic carbocycles. The number of hydrogen-bond acceptors (Lipinski definition) is 3. The van der Waals surface area contributed by atoms with Gasteiger partial charge in [-0.1, -0.05) is 19.8 Å². The molecule has 1 aromatic rings. The average molecular weight is 275 g/mol. The molecule has 0 saturated heterocycles. The lowest BCUT2D eigenvalue weighted by Gasteiger charge is -2.38. The van der Waals surface area contributed by atoms with Gasteiger partial charge in [0, 0.05) is 25.8 Å². The van der Waals surface area contributed by atoms with Gasteiger partial charge in [0.1, 0.15) is 0 Å². The summed E-state index contributed by atoms with van der Waals surface area (Å²) >= 11 is 0. The summed E-state index contributed by atoms with van der Waals surface area (Å²) in [4.78, 5) is 14.3. The van der Waals surface area contributed by atoms with E-state index in [9.17, 15) is 4.79 Å². The van der Waals surface area contributed by atoms with Crippen LogP contribution in [0.25, 0.3) is 0 Å². The molecule has 0 aliphatic heterocycles. The molecule has 0 heterocycles. The standard InChI is InChI=1S/C16H25N3O/c1-11-6-4-5-7-14(11)19(3)15-10-12(17)8-9-13(15)16(20)18-2/h8-11,14H,4-7,17H2,1-3H3,(H,18,20). The van der Waals surface area contributed by atoms with Crippen molar-refractivity contribution in [3.8, 4) is 0 Å². The number of nitrogens with two attached hydrogens (primary N) is 1. The van der Waals surface area contributed by atoms with Crippen molar-refractivity contribution in [3.05, 3.63) is 23.8 Å². The van der Waals surface area contributed by atoms with E-state index < -0.39 is 0 Å². The predicted octanol–water partition coefficient (Wildman–Crippen LogP) is 2.64. The summed E-state index contributed by atoms with van der Waals surface area (Å²) < 4.78 is 0. The summed E-state index contributed by atoms with van der Waals surface area (Å²) in [5, 5.41) is 2.70. The molecule has 2 rings (SSSR count). The third kappa shape index (κ3) is 2.89. The Bertz CT molecular complexity index is 487. The number of rotatable bonds is 3. The van der Waals surface area contributed by atoms with E-state index in [-0.39, 0.29) is 5.91 Å². The van der Waals surface area contributed by atoms with Crippen molar-refractivity contribution < 1.29 is 4.79 Å². The maximum atomic E-state index is 12.0. The topological polar surface area (TPSA) is 58.4 Å². The van der Waals surface area contributed by atoms with Crippen LogP contribution < -0.4 is 16.0 Å². The van der Waals surface area contributed by atoms with E-state index in [1.807, 2.05) is 12.1 Å². The smallest absolute Gasteiger partial charge is 0.253 e. The van der Waals surface area contributed by atoms with Gasteiger partial charge in [-0.3, -0.25) is 4.79 Å². The molecule has 2 atom stereocenters. The molecule has 4 heteroatoms. The Balaban J connectivity index is 2.34. The monoisotopic (exact) mass is 275 g/mol. The van der Waals surface area contributed by atoms with Crippen molar-refractivity contribution in [2.45, 2.75) is 38.6 Å². The van der Waals surface area contributed by atoms with E-state index in [0.29, 0.717) is 23.2 Å². The lowest BCUT2D eigenvalue weighted by molar-refractivity contribution is 0.0963. The van der Waals surface area contributed by atoms with Crippen LogP contribution in [0.2, 0.25) is 0 Å². The Kier molecular flexibility index (Phi) is 4.53. The predicted molar refractivity (Wildman–Crippen MR) is 84.1 cm³/mol. The first-order valence-corrected chi connectivity index (χ1v) is 7.39. The highest BCUT2D eigenvalue weighted by Crippen LogP contribution is 2.32. The highest BCUT2D eigenvalue weighted by molar-refractivity contribution is 6.00. The molecule has 1 amide bonds. The molecule has 1 aliphatic rings. The maximum Gasteiger partial charge on any atom is 0.253 e. The average Bonchev–Trinajstić information content (AvgIpc) is 2.46. The molecule has 0 bridgehead atoms. The van der Waals surface area contributed by atoms with Crippen molar-refractivity contribution in [1.82, 2.24) is 5.32 Å². The summed E-state index contributed by atoms with van der Waals surface area (Å²) in [5.74, 6) is 0.586. The van der Waals surface area contributed by atoms with Gasteiger partial charge in [-0.25, -0.2) is 0 Å². The Hall–Kier alpha value is -1.71. The normalized spacial score (nSPS) is 22.4. The van der Waals surface area contributed by atoms with Gasteiger partial charge in [0.05, 0.1) is 11.3 Å². The second kappa shape index (κ2) is 6.16. The van der Waals surface area contributed by atoms with Gasteiger partial charge in [0.2, 0.25) is 0 Å². The molecule has 1 aliphatic carbocycles. The molecule has 0 aromatic heterocycles. The van der Waals surface area contributed by atoms with Gasteiger partial charge >= 0.3 is 0 Å². The molecular formula is C16H25N3O. The molecular weight excluding hydrogens is 250 g/mol. The van der Waals surface area contributed by atoms with Crippen molar-refractivity contribution in [1.29, 1.82) is 0 Å². The minimum absolute atomic E-state index is 0.0599. The van der Waals surface area contributed by atoms with E-state index in [4.69, 9.17) is 5.73 Å². The van der Waals surface area contributed by atoms with Crippen molar-refractivity contribution >= 4 is 17.3 Å². The fourth-order valence-electron chi connectivity index (χ4n) is 3.22. The largest absolute Gasteiger partial charge is 0.399 e. The molecule has 1 saturated carbocycles. The molecule has 0 radical (unpaired) electrons. The highest BCUT2D eigenvalue weighted by Gasteiger charge is 2.27. The fraction of sp³-hybridized carbons (Fsp3) is 0.562. The number of benzene rings is 1. The van der Waals surface area contributed by atoms with E-state index in [1.54, 1.807) is 13.1 Å². The molecule has 3 N–H and O–H groups in total. The summed E-state index contributed by atoms with van der Waals surface area (Å²) in [6.45, 7) is 2.30. The summed E-state index contributed by atoms with van der Waals surface area (Å²) in [7, 11) is 3.74. The third-order valence-corrected chi connectivity index (χ3v) is 4.44. The first kappa shape index (κ1) is 14.7. The van der Waals surface area contributed by atoms with Crippen LogP contribution in [0.3, 0.4) is 0 Å². The highest BCUT2D eigenvalue weighted by atomic mass is 16.1. The number of nitrogen functional groups attached to an aromatic ring is 1. The number of anilines is 2. The van der Waals surface area contributed by atoms with E-state index in [2.05, 4.69) is 24.2 Å². The van der Waals surface area contributed by atoms with Crippen LogP contribution in [-0.2, 0) is 0 Å². The van der Waals surface area contributed by atoms with Crippen LogP contribution in [0.15, 0.2) is 18.2 Å². The summed E-state index contributed by atoms with van der Waals surface area (Å²) in [5.41, 5.74) is 8.24. The van der Waals surface area contributed by atoms with Crippen molar-refractivity contribution in [2.24, 2.45) is 5.92 Å². The second-order valence-corrected chi connectivity index (χ2v) is 5.80. The summed E-state index contributed by atoms with van der Waals surface area (Å²) in [6.07, 6.45) is 5.01. The first-order valence-electron chi connectivity index (χ1n) is 7.39. The van der Waals surface area contributed by atoms with E-state index in [0.717, 1.165) is 5.69 Å². The van der Waals surface area contributed by atoms with Gasteiger partial charge in [-0.05, 0) is 37.0 Å². The first-order chi connectivity index (χ1) is 9.54. The van der Waals surface area contributed by atoms with Gasteiger partial charge in [-0.15, -0.1) is 0 Å². The van der Waals surface area contributed by atoms with Crippen molar-refractivity contribution in [3.63, 3.8) is 0 Å². The third-order valence-electron chi connectivity index (χ3n) is 4.44. The number of nitrogens with one attached hydrogen (secondary N) is 1. The molecule has 1 fully saturated rings. The van der Waals surface area contributed by atoms with E-state index in [1.165, 1.54) is 25.7 Å². The maximum absolute atomic E-state index is 12.0. The SMILES string of the molecule is CNC(=O)c1ccc(N)cc1N(C)C1CCCCC1C. The zero-order valence-corrected chi connectivity index (χ0v) is 12.6. The quantitative estimate of drug-likeness (QED) is 0.834. The Morgan fingerprint density at radius 3 is 2.70 bits per heavy atom. The van der Waals surface area contributed by atoms with Crippen LogP contribution in [-0.4, -0.2) is 26.0 Å². The second-order valence-electron chi connectivity index (χ2n) is 5.80. The van der Waals surface area contributed by atoms with Crippen LogP contribution in [0.1, 0.15) is 43.0 Å². The lowest BCUT2D eigenvalue weighted by atomic mass is 9.84. The van der Waals surface area contributed by atoms with Gasteiger partial charge in [0.25, 0.3) is 5.91 Å². The number of hydrogen-bond donors (Lipinski definition) is 2. The van der Waals surface area contributed by atoms with Crippen molar-refractivity contribution in [2.75, 3.05) is 24.7 Å². The van der Waals surface area contributed by atoms with Gasteiger partial charge in [0.15, 0.2) is 0 Å². The molecule has 20 heavy (non-hydrogen) atoms. The zero-order valence-electron chi connectivity index (χ0n) is 12.6. The zero-order chi connectivity index (χ0) is 14.7. The van der Waals surface area contributed by atoms with Crippen LogP contribution in [0, 0.1) is 5.92 Å².